The van der Waals surface area contributed by atoms with Gasteiger partial charge in [0.15, 0.2) is 5.16 Å². The number of carbonyl (C=O) groups is 1. The summed E-state index contributed by atoms with van der Waals surface area (Å²) in [6.45, 7) is 6.02. The largest absolute Gasteiger partial charge is 0.353 e. The highest BCUT2D eigenvalue weighted by atomic mass is 35.5. The van der Waals surface area contributed by atoms with Crippen LogP contribution >= 0.6 is 35.0 Å². The number of hydrogen-bond donors (Lipinski definition) is 1. The summed E-state index contributed by atoms with van der Waals surface area (Å²) in [6.07, 6.45) is 0.538. The fraction of sp³-hybridized carbons (Fsp3) is 0.318. The average molecular weight is 464 g/mol. The van der Waals surface area contributed by atoms with E-state index in [2.05, 4.69) is 10.3 Å². The van der Waals surface area contributed by atoms with E-state index in [0.717, 1.165) is 5.56 Å². The quantitative estimate of drug-likeness (QED) is 0.397. The number of nitrogens with one attached hydrogen (secondary N) is 1. The summed E-state index contributed by atoms with van der Waals surface area (Å²) in [5, 5.41) is 4.68. The lowest BCUT2D eigenvalue weighted by molar-refractivity contribution is -0.120. The number of hydrogen-bond acceptors (Lipinski definition) is 4. The minimum atomic E-state index is -0.397. The Kier molecular flexibility index (Phi) is 7.45. The van der Waals surface area contributed by atoms with Gasteiger partial charge in [0, 0.05) is 22.6 Å². The molecule has 1 N–H and O–H groups in total. The van der Waals surface area contributed by atoms with Crippen molar-refractivity contribution in [2.45, 2.75) is 50.2 Å². The highest BCUT2D eigenvalue weighted by molar-refractivity contribution is 8.00. The molecule has 0 fully saturated rings. The number of fused-ring (bicyclic) bond motifs is 1. The van der Waals surface area contributed by atoms with E-state index in [1.165, 1.54) is 11.8 Å². The summed E-state index contributed by atoms with van der Waals surface area (Å²) in [7, 11) is 0. The molecule has 30 heavy (non-hydrogen) atoms. The van der Waals surface area contributed by atoms with Crippen molar-refractivity contribution >= 4 is 51.8 Å². The maximum absolute atomic E-state index is 13.2. The normalized spacial score (nSPS) is 12.3. The van der Waals surface area contributed by atoms with Gasteiger partial charge in [0.25, 0.3) is 5.56 Å². The Morgan fingerprint density at radius 2 is 1.90 bits per heavy atom. The van der Waals surface area contributed by atoms with Gasteiger partial charge in [-0.3, -0.25) is 14.2 Å². The second-order valence-corrected chi connectivity index (χ2v) is 9.43. The molecule has 1 unspecified atom stereocenters. The number of carbonyl (C=O) groups excluding carboxylic acids is 1. The minimum Gasteiger partial charge on any atom is -0.353 e. The van der Waals surface area contributed by atoms with Crippen LogP contribution in [-0.4, -0.2) is 26.8 Å². The van der Waals surface area contributed by atoms with Crippen LogP contribution in [0.25, 0.3) is 10.9 Å². The summed E-state index contributed by atoms with van der Waals surface area (Å²) >= 11 is 13.6. The molecule has 0 bridgehead atoms. The lowest BCUT2D eigenvalue weighted by atomic mass is 10.1. The second kappa shape index (κ2) is 9.86. The Hall–Kier alpha value is -2.02. The molecule has 8 heteroatoms. The van der Waals surface area contributed by atoms with Crippen LogP contribution in [0.4, 0.5) is 0 Å². The van der Waals surface area contributed by atoms with Crippen molar-refractivity contribution in [3.05, 3.63) is 68.4 Å². The number of aromatic nitrogens is 2. The van der Waals surface area contributed by atoms with Gasteiger partial charge in [-0.1, -0.05) is 53.2 Å². The predicted molar refractivity (Wildman–Crippen MR) is 125 cm³/mol. The monoisotopic (exact) mass is 463 g/mol. The molecule has 0 spiro atoms. The molecule has 0 saturated heterocycles. The third-order valence-electron chi connectivity index (χ3n) is 4.53. The molecule has 1 amide bonds. The van der Waals surface area contributed by atoms with Crippen molar-refractivity contribution in [2.75, 3.05) is 0 Å². The molecule has 1 heterocycles. The first-order valence-corrected chi connectivity index (χ1v) is 11.3. The third kappa shape index (κ3) is 5.36. The van der Waals surface area contributed by atoms with Gasteiger partial charge in [-0.25, -0.2) is 4.98 Å². The van der Waals surface area contributed by atoms with E-state index in [0.29, 0.717) is 39.1 Å². The first-order valence-electron chi connectivity index (χ1n) is 9.67. The zero-order valence-electron chi connectivity index (χ0n) is 17.0. The van der Waals surface area contributed by atoms with Gasteiger partial charge in [0.1, 0.15) is 0 Å². The van der Waals surface area contributed by atoms with Crippen molar-refractivity contribution in [2.24, 2.45) is 0 Å². The highest BCUT2D eigenvalue weighted by Gasteiger charge is 2.20. The summed E-state index contributed by atoms with van der Waals surface area (Å²) in [5.74, 6) is -0.0929. The van der Waals surface area contributed by atoms with E-state index in [9.17, 15) is 9.59 Å². The average Bonchev–Trinajstić information content (AvgIpc) is 2.68. The fourth-order valence-corrected chi connectivity index (χ4v) is 4.45. The molecule has 3 aromatic rings. The van der Waals surface area contributed by atoms with Gasteiger partial charge < -0.3 is 5.32 Å². The van der Waals surface area contributed by atoms with Crippen LogP contribution in [0.1, 0.15) is 26.3 Å². The summed E-state index contributed by atoms with van der Waals surface area (Å²) in [4.78, 5) is 30.3. The molecule has 158 valence electrons. The van der Waals surface area contributed by atoms with Gasteiger partial charge in [-0.2, -0.15) is 0 Å². The summed E-state index contributed by atoms with van der Waals surface area (Å²) in [6, 6.07) is 12.6. The number of amides is 1. The van der Waals surface area contributed by atoms with Gasteiger partial charge in [-0.05, 0) is 57.0 Å². The molecule has 0 aliphatic heterocycles. The van der Waals surface area contributed by atoms with E-state index >= 15 is 0 Å². The van der Waals surface area contributed by atoms with E-state index in [-0.39, 0.29) is 17.5 Å². The fourth-order valence-electron chi connectivity index (χ4n) is 3.00. The molecule has 2 aromatic carbocycles. The van der Waals surface area contributed by atoms with E-state index in [1.54, 1.807) is 28.8 Å². The smallest absolute Gasteiger partial charge is 0.262 e. The lowest BCUT2D eigenvalue weighted by Crippen LogP contribution is -2.36. The van der Waals surface area contributed by atoms with Crippen LogP contribution in [0.3, 0.4) is 0 Å². The number of halogens is 2. The molecule has 0 saturated carbocycles. The summed E-state index contributed by atoms with van der Waals surface area (Å²) < 4.78 is 1.62. The van der Waals surface area contributed by atoms with E-state index in [1.807, 2.05) is 39.0 Å². The highest BCUT2D eigenvalue weighted by Crippen LogP contribution is 2.25. The van der Waals surface area contributed by atoms with Crippen LogP contribution in [0.15, 0.2) is 52.4 Å². The van der Waals surface area contributed by atoms with Crippen molar-refractivity contribution < 1.29 is 4.79 Å². The standard InChI is InChI=1S/C22H23Cl2N3O2S/c1-13(2)25-20(28)14(3)30-22-26-19-7-5-4-6-17(19)21(29)27(22)11-10-15-8-9-16(23)12-18(15)24/h4-9,12-14H,10-11H2,1-3H3,(H,25,28). The number of rotatable bonds is 7. The number of thioether (sulfide) groups is 1. The molecule has 0 aliphatic rings. The van der Waals surface area contributed by atoms with Crippen molar-refractivity contribution in [1.82, 2.24) is 14.9 Å². The number of para-hydroxylation sites is 1. The van der Waals surface area contributed by atoms with Gasteiger partial charge >= 0.3 is 0 Å². The third-order valence-corrected chi connectivity index (χ3v) is 6.21. The van der Waals surface area contributed by atoms with Gasteiger partial charge in [0.05, 0.1) is 16.2 Å². The maximum Gasteiger partial charge on any atom is 0.262 e. The van der Waals surface area contributed by atoms with Crippen molar-refractivity contribution in [1.29, 1.82) is 0 Å². The predicted octanol–water partition coefficient (Wildman–Crippen LogP) is 4.95. The Labute approximate surface area is 189 Å². The molecule has 5 nitrogen and oxygen atoms in total. The number of aryl methyl sites for hydroxylation is 1. The molecular weight excluding hydrogens is 441 g/mol. The Bertz CT molecular complexity index is 1130. The number of nitrogens with zero attached hydrogens (tertiary/aromatic N) is 2. The number of benzene rings is 2. The van der Waals surface area contributed by atoms with Crippen LogP contribution < -0.4 is 10.9 Å². The Morgan fingerprint density at radius 1 is 1.17 bits per heavy atom. The molecule has 1 aromatic heterocycles. The van der Waals surface area contributed by atoms with Gasteiger partial charge in [0.2, 0.25) is 5.91 Å². The zero-order valence-corrected chi connectivity index (χ0v) is 19.3. The lowest BCUT2D eigenvalue weighted by Gasteiger charge is -2.17. The molecule has 3 rings (SSSR count). The van der Waals surface area contributed by atoms with Crippen LogP contribution in [0, 0.1) is 0 Å². The first-order chi connectivity index (χ1) is 14.3. The summed E-state index contributed by atoms with van der Waals surface area (Å²) in [5.41, 5.74) is 1.37. The first kappa shape index (κ1) is 22.7. The Morgan fingerprint density at radius 3 is 2.60 bits per heavy atom. The van der Waals surface area contributed by atoms with Crippen molar-refractivity contribution in [3.8, 4) is 0 Å². The molecule has 1 atom stereocenters. The maximum atomic E-state index is 13.2. The van der Waals surface area contributed by atoms with Gasteiger partial charge in [-0.15, -0.1) is 0 Å². The van der Waals surface area contributed by atoms with Crippen molar-refractivity contribution in [3.63, 3.8) is 0 Å². The van der Waals surface area contributed by atoms with Crippen LogP contribution in [0.2, 0.25) is 10.0 Å². The second-order valence-electron chi connectivity index (χ2n) is 7.28. The molecule has 0 aliphatic carbocycles. The Balaban J connectivity index is 1.96. The van der Waals surface area contributed by atoms with E-state index in [4.69, 9.17) is 23.2 Å². The van der Waals surface area contributed by atoms with E-state index < -0.39 is 5.25 Å². The topological polar surface area (TPSA) is 64.0 Å². The van der Waals surface area contributed by atoms with Crippen LogP contribution in [0.5, 0.6) is 0 Å². The van der Waals surface area contributed by atoms with Crippen LogP contribution in [-0.2, 0) is 17.8 Å². The SMILES string of the molecule is CC(C)NC(=O)C(C)Sc1nc2ccccc2c(=O)n1CCc1ccc(Cl)cc1Cl. The minimum absolute atomic E-state index is 0.0411. The zero-order chi connectivity index (χ0) is 21.8. The molecular formula is C22H23Cl2N3O2S. The molecule has 0 radical (unpaired) electrons.